The van der Waals surface area contributed by atoms with Crippen molar-refractivity contribution in [1.29, 1.82) is 0 Å². The fourth-order valence-corrected chi connectivity index (χ4v) is 3.78. The Morgan fingerprint density at radius 1 is 1.12 bits per heavy atom. The SMILES string of the molecule is COC(=O)c1ccc(CN2C(=O)NC(=Cc3cc(C)n(-c4cccc(OC)c4)c3C)C2=O)o1. The Labute approximate surface area is 190 Å². The molecule has 1 saturated heterocycles. The van der Waals surface area contributed by atoms with Crippen molar-refractivity contribution in [3.8, 4) is 11.4 Å². The summed E-state index contributed by atoms with van der Waals surface area (Å²) in [6.45, 7) is 3.79. The second-order valence-corrected chi connectivity index (χ2v) is 7.50. The number of aryl methyl sites for hydroxylation is 1. The molecule has 3 amide bonds. The molecule has 0 atom stereocenters. The van der Waals surface area contributed by atoms with Crippen molar-refractivity contribution in [3.63, 3.8) is 0 Å². The van der Waals surface area contributed by atoms with Crippen molar-refractivity contribution in [2.75, 3.05) is 14.2 Å². The minimum atomic E-state index is -0.634. The Morgan fingerprint density at radius 2 is 1.91 bits per heavy atom. The number of benzene rings is 1. The first-order valence-corrected chi connectivity index (χ1v) is 10.2. The van der Waals surface area contributed by atoms with Crippen molar-refractivity contribution < 1.29 is 28.3 Å². The lowest BCUT2D eigenvalue weighted by molar-refractivity contribution is -0.123. The summed E-state index contributed by atoms with van der Waals surface area (Å²) in [5, 5.41) is 2.61. The maximum Gasteiger partial charge on any atom is 0.373 e. The van der Waals surface area contributed by atoms with Crippen LogP contribution in [0.15, 0.2) is 52.6 Å². The van der Waals surface area contributed by atoms with Crippen LogP contribution in [0.1, 0.15) is 33.3 Å². The van der Waals surface area contributed by atoms with E-state index in [1.54, 1.807) is 13.2 Å². The average molecular weight is 449 g/mol. The maximum absolute atomic E-state index is 12.9. The molecule has 3 aromatic rings. The van der Waals surface area contributed by atoms with Crippen LogP contribution >= 0.6 is 0 Å². The van der Waals surface area contributed by atoms with Crippen molar-refractivity contribution >= 4 is 24.0 Å². The maximum atomic E-state index is 12.9. The first kappa shape index (κ1) is 21.9. The molecule has 2 aromatic heterocycles. The van der Waals surface area contributed by atoms with Gasteiger partial charge in [-0.25, -0.2) is 9.59 Å². The molecule has 1 aliphatic rings. The van der Waals surface area contributed by atoms with E-state index >= 15 is 0 Å². The summed E-state index contributed by atoms with van der Waals surface area (Å²) in [6, 6.07) is 12.0. The van der Waals surface area contributed by atoms with Gasteiger partial charge in [-0.15, -0.1) is 0 Å². The van der Waals surface area contributed by atoms with E-state index in [9.17, 15) is 14.4 Å². The van der Waals surface area contributed by atoms with Crippen LogP contribution in [0.2, 0.25) is 0 Å². The van der Waals surface area contributed by atoms with Crippen LogP contribution in [0.3, 0.4) is 0 Å². The number of aromatic nitrogens is 1. The Balaban J connectivity index is 1.59. The molecule has 170 valence electrons. The highest BCUT2D eigenvalue weighted by atomic mass is 16.5. The molecule has 1 N–H and O–H groups in total. The zero-order valence-corrected chi connectivity index (χ0v) is 18.7. The van der Waals surface area contributed by atoms with Gasteiger partial charge in [-0.1, -0.05) is 6.07 Å². The van der Waals surface area contributed by atoms with Crippen LogP contribution in [-0.4, -0.2) is 41.6 Å². The van der Waals surface area contributed by atoms with Crippen LogP contribution in [0.5, 0.6) is 5.75 Å². The number of furan rings is 1. The van der Waals surface area contributed by atoms with Gasteiger partial charge in [0.15, 0.2) is 0 Å². The molecule has 4 rings (SSSR count). The van der Waals surface area contributed by atoms with Crippen molar-refractivity contribution in [2.45, 2.75) is 20.4 Å². The molecule has 1 fully saturated rings. The summed E-state index contributed by atoms with van der Waals surface area (Å²) in [5.74, 6) is -0.0913. The first-order valence-electron chi connectivity index (χ1n) is 10.2. The van der Waals surface area contributed by atoms with E-state index in [-0.39, 0.29) is 23.8 Å². The van der Waals surface area contributed by atoms with Gasteiger partial charge in [0.25, 0.3) is 5.91 Å². The number of rotatable bonds is 6. The second kappa shape index (κ2) is 8.70. The van der Waals surface area contributed by atoms with E-state index in [0.717, 1.165) is 33.3 Å². The van der Waals surface area contributed by atoms with Crippen LogP contribution in [-0.2, 0) is 16.1 Å². The molecule has 0 spiro atoms. The lowest BCUT2D eigenvalue weighted by Gasteiger charge is -2.11. The van der Waals surface area contributed by atoms with Gasteiger partial charge in [0.2, 0.25) is 5.76 Å². The number of esters is 1. The van der Waals surface area contributed by atoms with E-state index in [0.29, 0.717) is 0 Å². The number of nitrogens with one attached hydrogen (secondary N) is 1. The van der Waals surface area contributed by atoms with Crippen molar-refractivity contribution in [2.24, 2.45) is 0 Å². The number of nitrogens with zero attached hydrogens (tertiary/aromatic N) is 2. The third-order valence-corrected chi connectivity index (χ3v) is 5.41. The zero-order chi connectivity index (χ0) is 23.7. The molecule has 0 aliphatic carbocycles. The summed E-state index contributed by atoms with van der Waals surface area (Å²) < 4.78 is 17.3. The van der Waals surface area contributed by atoms with Crippen LogP contribution in [0.4, 0.5) is 4.79 Å². The predicted octanol–water partition coefficient (Wildman–Crippen LogP) is 3.58. The zero-order valence-electron chi connectivity index (χ0n) is 18.7. The summed E-state index contributed by atoms with van der Waals surface area (Å²) in [5.41, 5.74) is 3.75. The molecular weight excluding hydrogens is 426 g/mol. The van der Waals surface area contributed by atoms with Crippen LogP contribution < -0.4 is 10.1 Å². The smallest absolute Gasteiger partial charge is 0.373 e. The average Bonchev–Trinajstić information content (AvgIpc) is 3.46. The van der Waals surface area contributed by atoms with Crippen molar-refractivity contribution in [1.82, 2.24) is 14.8 Å². The highest BCUT2D eigenvalue weighted by Gasteiger charge is 2.34. The first-order chi connectivity index (χ1) is 15.8. The van der Waals surface area contributed by atoms with E-state index < -0.39 is 17.9 Å². The van der Waals surface area contributed by atoms with Gasteiger partial charge >= 0.3 is 12.0 Å². The lowest BCUT2D eigenvalue weighted by Crippen LogP contribution is -2.30. The third-order valence-electron chi connectivity index (χ3n) is 5.41. The third kappa shape index (κ3) is 4.12. The topological polar surface area (TPSA) is 103 Å². The number of amides is 3. The van der Waals surface area contributed by atoms with Gasteiger partial charge in [-0.3, -0.25) is 9.69 Å². The number of urea groups is 1. The Morgan fingerprint density at radius 3 is 2.64 bits per heavy atom. The van der Waals surface area contributed by atoms with Gasteiger partial charge in [-0.05, 0) is 55.8 Å². The lowest BCUT2D eigenvalue weighted by atomic mass is 10.2. The van der Waals surface area contributed by atoms with Gasteiger partial charge in [-0.2, -0.15) is 0 Å². The molecule has 0 bridgehead atoms. The Bertz CT molecular complexity index is 1280. The summed E-state index contributed by atoms with van der Waals surface area (Å²) in [6.07, 6.45) is 1.65. The summed E-state index contributed by atoms with van der Waals surface area (Å²) >= 11 is 0. The summed E-state index contributed by atoms with van der Waals surface area (Å²) in [7, 11) is 2.85. The highest BCUT2D eigenvalue weighted by molar-refractivity contribution is 6.13. The van der Waals surface area contributed by atoms with E-state index in [1.807, 2.05) is 48.7 Å². The van der Waals surface area contributed by atoms with E-state index in [2.05, 4.69) is 10.1 Å². The Kier molecular flexibility index (Phi) is 5.78. The molecule has 0 saturated carbocycles. The highest BCUT2D eigenvalue weighted by Crippen LogP contribution is 2.26. The molecule has 0 radical (unpaired) electrons. The monoisotopic (exact) mass is 449 g/mol. The number of ether oxygens (including phenoxy) is 2. The van der Waals surface area contributed by atoms with Gasteiger partial charge < -0.3 is 23.8 Å². The standard InChI is InChI=1S/C24H23N3O6/c1-14-10-16(15(2)27(14)17-6-5-7-18(12-17)31-3)11-20-22(28)26(24(30)25-20)13-19-8-9-21(33-19)23(29)32-4/h5-12H,13H2,1-4H3,(H,25,30). The summed E-state index contributed by atoms with van der Waals surface area (Å²) in [4.78, 5) is 37.9. The van der Waals surface area contributed by atoms with Crippen LogP contribution in [0, 0.1) is 13.8 Å². The predicted molar refractivity (Wildman–Crippen MR) is 119 cm³/mol. The van der Waals surface area contributed by atoms with E-state index in [1.165, 1.54) is 19.2 Å². The number of hydrogen-bond donors (Lipinski definition) is 1. The van der Waals surface area contributed by atoms with Crippen molar-refractivity contribution in [3.05, 3.63) is 76.6 Å². The molecule has 3 heterocycles. The molecule has 9 heteroatoms. The molecular formula is C24H23N3O6. The quantitative estimate of drug-likeness (QED) is 0.351. The number of imide groups is 1. The molecule has 33 heavy (non-hydrogen) atoms. The molecule has 0 unspecified atom stereocenters. The minimum absolute atomic E-state index is 0.000279. The van der Waals surface area contributed by atoms with Crippen LogP contribution in [0.25, 0.3) is 11.8 Å². The number of carbonyl (C=O) groups is 3. The van der Waals surface area contributed by atoms with E-state index in [4.69, 9.17) is 9.15 Å². The minimum Gasteiger partial charge on any atom is -0.497 e. The number of hydrogen-bond acceptors (Lipinski definition) is 6. The van der Waals surface area contributed by atoms with Gasteiger partial charge in [0, 0.05) is 23.1 Å². The largest absolute Gasteiger partial charge is 0.497 e. The molecule has 1 aromatic carbocycles. The number of carbonyl (C=O) groups excluding carboxylic acids is 3. The number of methoxy groups -OCH3 is 2. The fourth-order valence-electron chi connectivity index (χ4n) is 3.78. The fraction of sp³-hybridized carbons (Fsp3) is 0.208. The van der Waals surface area contributed by atoms with Gasteiger partial charge in [0.05, 0.1) is 20.8 Å². The second-order valence-electron chi connectivity index (χ2n) is 7.50. The molecule has 1 aliphatic heterocycles. The van der Waals surface area contributed by atoms with Gasteiger partial charge in [0.1, 0.15) is 17.2 Å². The molecule has 9 nitrogen and oxygen atoms in total. The Hall–Kier alpha value is -4.27. The normalized spacial score (nSPS) is 14.7.